The molecule has 0 radical (unpaired) electrons. The number of hydrogen-bond acceptors (Lipinski definition) is 2. The largest absolute Gasteiger partial charge is 0.322 e. The van der Waals surface area contributed by atoms with Gasteiger partial charge >= 0.3 is 0 Å². The number of hydrogen-bond donors (Lipinski definition) is 1. The number of aromatic nitrogens is 2. The van der Waals surface area contributed by atoms with Gasteiger partial charge in [0.25, 0.3) is 0 Å². The molecule has 1 unspecified atom stereocenters. The van der Waals surface area contributed by atoms with E-state index in [4.69, 9.17) is 17.3 Å². The Labute approximate surface area is 115 Å². The molecule has 1 heterocycles. The van der Waals surface area contributed by atoms with Crippen LogP contribution in [0.2, 0.25) is 5.02 Å². The molecule has 1 aromatic heterocycles. The van der Waals surface area contributed by atoms with Gasteiger partial charge in [0.05, 0.1) is 23.0 Å². The quantitative estimate of drug-likeness (QED) is 0.898. The van der Waals surface area contributed by atoms with Crippen LogP contribution in [0.25, 0.3) is 0 Å². The van der Waals surface area contributed by atoms with Gasteiger partial charge in [-0.1, -0.05) is 37.8 Å². The van der Waals surface area contributed by atoms with Crippen LogP contribution >= 0.6 is 11.6 Å². The zero-order valence-electron chi connectivity index (χ0n) is 11.6. The van der Waals surface area contributed by atoms with Gasteiger partial charge in [0.15, 0.2) is 0 Å². The van der Waals surface area contributed by atoms with Crippen molar-refractivity contribution in [3.8, 4) is 0 Å². The van der Waals surface area contributed by atoms with E-state index in [0.29, 0.717) is 11.1 Å². The van der Waals surface area contributed by atoms with Gasteiger partial charge in [0.2, 0.25) is 0 Å². The number of halogens is 1. The Morgan fingerprint density at radius 2 is 1.94 bits per heavy atom. The molecule has 0 amide bonds. The summed E-state index contributed by atoms with van der Waals surface area (Å²) in [5.74, 6) is 0. The molecule has 0 saturated heterocycles. The van der Waals surface area contributed by atoms with Gasteiger partial charge in [-0.3, -0.25) is 4.68 Å². The summed E-state index contributed by atoms with van der Waals surface area (Å²) in [6, 6.07) is 0.279. The first-order chi connectivity index (χ1) is 8.46. The van der Waals surface area contributed by atoms with Gasteiger partial charge in [-0.05, 0) is 32.1 Å². The smallest absolute Gasteiger partial charge is 0.0834 e. The standard InChI is InChI=1S/C14H24ClN3/c1-10(2)18-12(11(15)9-17-18)13(16)14(3)7-5-4-6-8-14/h9-10,13H,4-8,16H2,1-3H3. The van der Waals surface area contributed by atoms with E-state index in [9.17, 15) is 0 Å². The zero-order chi connectivity index (χ0) is 13.3. The van der Waals surface area contributed by atoms with Crippen LogP contribution in [0.5, 0.6) is 0 Å². The van der Waals surface area contributed by atoms with Crippen molar-refractivity contribution in [3.63, 3.8) is 0 Å². The van der Waals surface area contributed by atoms with Crippen LogP contribution in [-0.4, -0.2) is 9.78 Å². The predicted octanol–water partition coefficient (Wildman–Crippen LogP) is 4.09. The summed E-state index contributed by atoms with van der Waals surface area (Å²) in [7, 11) is 0. The van der Waals surface area contributed by atoms with Crippen LogP contribution in [0.4, 0.5) is 0 Å². The summed E-state index contributed by atoms with van der Waals surface area (Å²) >= 11 is 6.30. The molecule has 102 valence electrons. The summed E-state index contributed by atoms with van der Waals surface area (Å²) in [5.41, 5.74) is 7.71. The molecule has 2 N–H and O–H groups in total. The molecule has 1 aliphatic carbocycles. The first-order valence-electron chi connectivity index (χ1n) is 6.94. The Bertz CT molecular complexity index is 405. The average Bonchev–Trinajstić information content (AvgIpc) is 2.71. The molecule has 0 spiro atoms. The van der Waals surface area contributed by atoms with E-state index in [1.807, 2.05) is 4.68 Å². The van der Waals surface area contributed by atoms with Gasteiger partial charge in [-0.2, -0.15) is 5.10 Å². The minimum Gasteiger partial charge on any atom is -0.322 e. The van der Waals surface area contributed by atoms with E-state index in [0.717, 1.165) is 5.69 Å². The fraction of sp³-hybridized carbons (Fsp3) is 0.786. The summed E-state index contributed by atoms with van der Waals surface area (Å²) in [6.07, 6.45) is 7.99. The Balaban J connectivity index is 2.32. The molecule has 0 bridgehead atoms. The van der Waals surface area contributed by atoms with E-state index in [-0.39, 0.29) is 11.5 Å². The van der Waals surface area contributed by atoms with Crippen LogP contribution < -0.4 is 5.73 Å². The molecule has 18 heavy (non-hydrogen) atoms. The highest BCUT2D eigenvalue weighted by atomic mass is 35.5. The van der Waals surface area contributed by atoms with Crippen LogP contribution in [0, 0.1) is 5.41 Å². The maximum absolute atomic E-state index is 6.54. The van der Waals surface area contributed by atoms with Gasteiger partial charge < -0.3 is 5.73 Å². The van der Waals surface area contributed by atoms with E-state index in [1.54, 1.807) is 6.20 Å². The van der Waals surface area contributed by atoms with Crippen molar-refractivity contribution >= 4 is 11.6 Å². The van der Waals surface area contributed by atoms with E-state index in [1.165, 1.54) is 32.1 Å². The second-order valence-electron chi connectivity index (χ2n) is 6.11. The second kappa shape index (κ2) is 5.22. The molecule has 1 aliphatic rings. The van der Waals surface area contributed by atoms with Crippen molar-refractivity contribution in [3.05, 3.63) is 16.9 Å². The molecule has 2 rings (SSSR count). The molecule has 0 aliphatic heterocycles. The van der Waals surface area contributed by atoms with Crippen LogP contribution in [0.3, 0.4) is 0 Å². The molecule has 1 aromatic rings. The lowest BCUT2D eigenvalue weighted by Crippen LogP contribution is -2.35. The van der Waals surface area contributed by atoms with Crippen molar-refractivity contribution in [2.45, 2.75) is 65.0 Å². The molecule has 1 saturated carbocycles. The highest BCUT2D eigenvalue weighted by Crippen LogP contribution is 2.46. The second-order valence-corrected chi connectivity index (χ2v) is 6.52. The Kier molecular flexibility index (Phi) is 4.02. The first-order valence-corrected chi connectivity index (χ1v) is 7.32. The van der Waals surface area contributed by atoms with Crippen molar-refractivity contribution in [1.29, 1.82) is 0 Å². The molecule has 4 heteroatoms. The van der Waals surface area contributed by atoms with Crippen molar-refractivity contribution in [2.75, 3.05) is 0 Å². The highest BCUT2D eigenvalue weighted by Gasteiger charge is 2.37. The number of nitrogens with two attached hydrogens (primary N) is 1. The van der Waals surface area contributed by atoms with Crippen molar-refractivity contribution in [1.82, 2.24) is 9.78 Å². The minimum atomic E-state index is -0.0183. The highest BCUT2D eigenvalue weighted by molar-refractivity contribution is 6.31. The monoisotopic (exact) mass is 269 g/mol. The maximum atomic E-state index is 6.54. The summed E-state index contributed by atoms with van der Waals surface area (Å²) in [4.78, 5) is 0. The molecule has 1 atom stereocenters. The van der Waals surface area contributed by atoms with Crippen molar-refractivity contribution in [2.24, 2.45) is 11.1 Å². The molecular weight excluding hydrogens is 246 g/mol. The minimum absolute atomic E-state index is 0.0183. The SMILES string of the molecule is CC(C)n1ncc(Cl)c1C(N)C1(C)CCCCC1. The Morgan fingerprint density at radius 1 is 1.33 bits per heavy atom. The maximum Gasteiger partial charge on any atom is 0.0834 e. The van der Waals surface area contributed by atoms with E-state index >= 15 is 0 Å². The van der Waals surface area contributed by atoms with Crippen LogP contribution in [0.1, 0.15) is 70.7 Å². The lowest BCUT2D eigenvalue weighted by atomic mass is 9.70. The van der Waals surface area contributed by atoms with Gasteiger partial charge in [-0.25, -0.2) is 0 Å². The number of rotatable bonds is 3. The summed E-state index contributed by atoms with van der Waals surface area (Å²) in [5, 5.41) is 5.08. The molecule has 3 nitrogen and oxygen atoms in total. The lowest BCUT2D eigenvalue weighted by molar-refractivity contribution is 0.163. The van der Waals surface area contributed by atoms with Crippen molar-refractivity contribution < 1.29 is 0 Å². The Hall–Kier alpha value is -0.540. The molecule has 1 fully saturated rings. The third kappa shape index (κ3) is 2.43. The normalized spacial score (nSPS) is 21.2. The first kappa shape index (κ1) is 13.9. The predicted molar refractivity (Wildman–Crippen MR) is 75.7 cm³/mol. The fourth-order valence-electron chi connectivity index (χ4n) is 3.05. The average molecular weight is 270 g/mol. The van der Waals surface area contributed by atoms with Crippen LogP contribution in [0.15, 0.2) is 6.20 Å². The summed E-state index contributed by atoms with van der Waals surface area (Å²) < 4.78 is 1.98. The molecular formula is C14H24ClN3. The van der Waals surface area contributed by atoms with Gasteiger partial charge in [-0.15, -0.1) is 0 Å². The Morgan fingerprint density at radius 3 is 2.50 bits per heavy atom. The fourth-order valence-corrected chi connectivity index (χ4v) is 3.30. The van der Waals surface area contributed by atoms with Gasteiger partial charge in [0, 0.05) is 6.04 Å². The summed E-state index contributed by atoms with van der Waals surface area (Å²) in [6.45, 7) is 6.52. The number of nitrogens with zero attached hydrogens (tertiary/aromatic N) is 2. The lowest BCUT2D eigenvalue weighted by Gasteiger charge is -2.39. The third-order valence-corrected chi connectivity index (χ3v) is 4.61. The van der Waals surface area contributed by atoms with Gasteiger partial charge in [0.1, 0.15) is 0 Å². The zero-order valence-corrected chi connectivity index (χ0v) is 12.4. The van der Waals surface area contributed by atoms with Crippen LogP contribution in [-0.2, 0) is 0 Å². The van der Waals surface area contributed by atoms with E-state index in [2.05, 4.69) is 25.9 Å². The third-order valence-electron chi connectivity index (χ3n) is 4.32. The molecule has 0 aromatic carbocycles. The van der Waals surface area contributed by atoms with E-state index < -0.39 is 0 Å². The topological polar surface area (TPSA) is 43.8 Å².